The number of benzene rings is 1. The van der Waals surface area contributed by atoms with E-state index in [9.17, 15) is 0 Å². The molecule has 1 aliphatic rings. The highest BCUT2D eigenvalue weighted by Crippen LogP contribution is 2.24. The second kappa shape index (κ2) is 4.04. The van der Waals surface area contributed by atoms with Crippen LogP contribution >= 0.6 is 0 Å². The third-order valence-electron chi connectivity index (χ3n) is 3.17. The van der Waals surface area contributed by atoms with E-state index in [4.69, 9.17) is 0 Å². The van der Waals surface area contributed by atoms with Crippen molar-refractivity contribution in [1.82, 2.24) is 0 Å². The average Bonchev–Trinajstić information content (AvgIpc) is 2.20. The molecule has 0 bridgehead atoms. The van der Waals surface area contributed by atoms with Crippen LogP contribution in [0.1, 0.15) is 31.7 Å². The molecule has 1 atom stereocenters. The Labute approximate surface area is 86.7 Å². The molecule has 1 aromatic rings. The van der Waals surface area contributed by atoms with E-state index in [1.165, 1.54) is 37.1 Å². The number of hydrogen-bond donors (Lipinski definition) is 0. The molecule has 1 fully saturated rings. The fraction of sp³-hybridized carbons (Fsp3) is 0.538. The molecule has 0 amide bonds. The van der Waals surface area contributed by atoms with Crippen LogP contribution in [-0.4, -0.2) is 12.6 Å². The van der Waals surface area contributed by atoms with Crippen LogP contribution in [0.2, 0.25) is 0 Å². The first-order chi connectivity index (χ1) is 6.77. The Balaban J connectivity index is 2.16. The smallest absolute Gasteiger partial charge is 0.0368 e. The molecule has 1 heteroatoms. The van der Waals surface area contributed by atoms with Crippen LogP contribution in [0.25, 0.3) is 0 Å². The van der Waals surface area contributed by atoms with Gasteiger partial charge in [-0.25, -0.2) is 0 Å². The van der Waals surface area contributed by atoms with Crippen LogP contribution in [0.15, 0.2) is 24.3 Å². The maximum atomic E-state index is 2.53. The second-order valence-electron chi connectivity index (χ2n) is 4.37. The molecule has 1 nitrogen and oxygen atoms in total. The van der Waals surface area contributed by atoms with E-state index in [2.05, 4.69) is 43.0 Å². The molecule has 1 saturated heterocycles. The van der Waals surface area contributed by atoms with Gasteiger partial charge in [-0.2, -0.15) is 0 Å². The van der Waals surface area contributed by atoms with Gasteiger partial charge in [0.1, 0.15) is 0 Å². The molecular formula is C13H19N. The van der Waals surface area contributed by atoms with Crippen molar-refractivity contribution in [2.45, 2.75) is 39.2 Å². The summed E-state index contributed by atoms with van der Waals surface area (Å²) < 4.78 is 0. The SMILES string of the molecule is Cc1ccc(N2CCCCC2C)cc1. The Kier molecular flexibility index (Phi) is 2.76. The van der Waals surface area contributed by atoms with Crippen molar-refractivity contribution >= 4 is 5.69 Å². The Morgan fingerprint density at radius 3 is 2.50 bits per heavy atom. The Morgan fingerprint density at radius 1 is 1.14 bits per heavy atom. The maximum absolute atomic E-state index is 2.53. The van der Waals surface area contributed by atoms with Crippen LogP contribution in [0.3, 0.4) is 0 Å². The molecule has 0 radical (unpaired) electrons. The van der Waals surface area contributed by atoms with Gasteiger partial charge in [-0.3, -0.25) is 0 Å². The number of anilines is 1. The van der Waals surface area contributed by atoms with Gasteiger partial charge >= 0.3 is 0 Å². The lowest BCUT2D eigenvalue weighted by Gasteiger charge is -2.35. The van der Waals surface area contributed by atoms with Crippen molar-refractivity contribution in [2.24, 2.45) is 0 Å². The fourth-order valence-electron chi connectivity index (χ4n) is 2.22. The molecule has 76 valence electrons. The number of aryl methyl sites for hydroxylation is 1. The quantitative estimate of drug-likeness (QED) is 0.654. The number of piperidine rings is 1. The van der Waals surface area contributed by atoms with Crippen LogP contribution in [0.5, 0.6) is 0 Å². The fourth-order valence-corrected chi connectivity index (χ4v) is 2.22. The van der Waals surface area contributed by atoms with Crippen molar-refractivity contribution in [1.29, 1.82) is 0 Å². The Bertz CT molecular complexity index is 289. The van der Waals surface area contributed by atoms with Gasteiger partial charge in [0.15, 0.2) is 0 Å². The molecule has 0 aliphatic carbocycles. The van der Waals surface area contributed by atoms with Crippen LogP contribution < -0.4 is 4.90 Å². The normalized spacial score (nSPS) is 22.4. The van der Waals surface area contributed by atoms with Crippen molar-refractivity contribution in [2.75, 3.05) is 11.4 Å². The van der Waals surface area contributed by atoms with E-state index in [0.717, 1.165) is 0 Å². The standard InChI is InChI=1S/C13H19N/c1-11-6-8-13(9-7-11)14-10-4-3-5-12(14)2/h6-9,12H,3-5,10H2,1-2H3. The summed E-state index contributed by atoms with van der Waals surface area (Å²) in [7, 11) is 0. The van der Waals surface area contributed by atoms with Gasteiger partial charge in [-0.05, 0) is 45.2 Å². The predicted octanol–water partition coefficient (Wildman–Crippen LogP) is 3.37. The summed E-state index contributed by atoms with van der Waals surface area (Å²) in [6.07, 6.45) is 4.08. The third kappa shape index (κ3) is 1.92. The molecule has 0 aromatic heterocycles. The second-order valence-corrected chi connectivity index (χ2v) is 4.37. The van der Waals surface area contributed by atoms with Gasteiger partial charge < -0.3 is 4.90 Å². The van der Waals surface area contributed by atoms with Crippen LogP contribution in [-0.2, 0) is 0 Å². The zero-order valence-electron chi connectivity index (χ0n) is 9.16. The highest BCUT2D eigenvalue weighted by Gasteiger charge is 2.17. The summed E-state index contributed by atoms with van der Waals surface area (Å²) in [6.45, 7) is 5.70. The highest BCUT2D eigenvalue weighted by molar-refractivity contribution is 5.48. The highest BCUT2D eigenvalue weighted by atomic mass is 15.2. The van der Waals surface area contributed by atoms with E-state index in [1.54, 1.807) is 0 Å². The van der Waals surface area contributed by atoms with Gasteiger partial charge in [0, 0.05) is 18.3 Å². The minimum absolute atomic E-state index is 0.714. The average molecular weight is 189 g/mol. The lowest BCUT2D eigenvalue weighted by atomic mass is 10.0. The first-order valence-electron chi connectivity index (χ1n) is 5.60. The summed E-state index contributed by atoms with van der Waals surface area (Å²) in [4.78, 5) is 2.53. The number of rotatable bonds is 1. The molecule has 2 rings (SSSR count). The van der Waals surface area contributed by atoms with Gasteiger partial charge in [0.2, 0.25) is 0 Å². The van der Waals surface area contributed by atoms with Crippen molar-refractivity contribution < 1.29 is 0 Å². The van der Waals surface area contributed by atoms with E-state index in [1.807, 2.05) is 0 Å². The van der Waals surface area contributed by atoms with Crippen LogP contribution in [0, 0.1) is 6.92 Å². The van der Waals surface area contributed by atoms with E-state index in [0.29, 0.717) is 6.04 Å². The van der Waals surface area contributed by atoms with Crippen molar-refractivity contribution in [3.05, 3.63) is 29.8 Å². The molecule has 1 heterocycles. The van der Waals surface area contributed by atoms with Gasteiger partial charge in [0.05, 0.1) is 0 Å². The summed E-state index contributed by atoms with van der Waals surface area (Å²) in [5, 5.41) is 0. The molecule has 0 spiro atoms. The summed E-state index contributed by atoms with van der Waals surface area (Å²) in [6, 6.07) is 9.62. The lowest BCUT2D eigenvalue weighted by molar-refractivity contribution is 0.485. The molecular weight excluding hydrogens is 170 g/mol. The zero-order chi connectivity index (χ0) is 9.97. The molecule has 14 heavy (non-hydrogen) atoms. The van der Waals surface area contributed by atoms with Gasteiger partial charge in [0.25, 0.3) is 0 Å². The predicted molar refractivity (Wildman–Crippen MR) is 61.8 cm³/mol. The van der Waals surface area contributed by atoms with E-state index in [-0.39, 0.29) is 0 Å². The molecule has 0 N–H and O–H groups in total. The first kappa shape index (κ1) is 9.57. The molecule has 1 aliphatic heterocycles. The third-order valence-corrected chi connectivity index (χ3v) is 3.17. The summed E-state index contributed by atoms with van der Waals surface area (Å²) in [5.41, 5.74) is 2.74. The van der Waals surface area contributed by atoms with E-state index < -0.39 is 0 Å². The lowest BCUT2D eigenvalue weighted by Crippen LogP contribution is -2.37. The monoisotopic (exact) mass is 189 g/mol. The van der Waals surface area contributed by atoms with E-state index >= 15 is 0 Å². The molecule has 1 unspecified atom stereocenters. The number of hydrogen-bond acceptors (Lipinski definition) is 1. The summed E-state index contributed by atoms with van der Waals surface area (Å²) >= 11 is 0. The Morgan fingerprint density at radius 2 is 1.86 bits per heavy atom. The maximum Gasteiger partial charge on any atom is 0.0368 e. The summed E-state index contributed by atoms with van der Waals surface area (Å²) in [5.74, 6) is 0. The van der Waals surface area contributed by atoms with Gasteiger partial charge in [-0.15, -0.1) is 0 Å². The Hall–Kier alpha value is -0.980. The van der Waals surface area contributed by atoms with Crippen LogP contribution in [0.4, 0.5) is 5.69 Å². The van der Waals surface area contributed by atoms with Crippen molar-refractivity contribution in [3.63, 3.8) is 0 Å². The molecule has 1 aromatic carbocycles. The van der Waals surface area contributed by atoms with Crippen molar-refractivity contribution in [3.8, 4) is 0 Å². The minimum Gasteiger partial charge on any atom is -0.369 e. The number of nitrogens with zero attached hydrogens (tertiary/aromatic N) is 1. The topological polar surface area (TPSA) is 3.24 Å². The zero-order valence-corrected chi connectivity index (χ0v) is 9.16. The first-order valence-corrected chi connectivity index (χ1v) is 5.60. The van der Waals surface area contributed by atoms with Gasteiger partial charge in [-0.1, -0.05) is 17.7 Å². The molecule has 0 saturated carbocycles. The largest absolute Gasteiger partial charge is 0.369 e. The minimum atomic E-state index is 0.714.